The number of imidazole rings is 1. The van der Waals surface area contributed by atoms with Crippen LogP contribution in [-0.4, -0.2) is 14.7 Å². The van der Waals surface area contributed by atoms with Crippen LogP contribution in [0.4, 0.5) is 0 Å². The third-order valence-electron chi connectivity index (χ3n) is 3.67. The number of nitrogens with zero attached hydrogens (tertiary/aromatic N) is 2. The van der Waals surface area contributed by atoms with E-state index in [9.17, 15) is 5.11 Å². The molecule has 3 rings (SSSR count). The molecule has 1 aromatic carbocycles. The SMILES string of the molecule is CC1CCn2cc(Cc3ccccc3O)nc2C1. The van der Waals surface area contributed by atoms with Gasteiger partial charge in [0, 0.05) is 25.6 Å². The lowest BCUT2D eigenvalue weighted by molar-refractivity contribution is 0.409. The fraction of sp³-hybridized carbons (Fsp3) is 0.400. The summed E-state index contributed by atoms with van der Waals surface area (Å²) < 4.78 is 2.26. The van der Waals surface area contributed by atoms with Crippen LogP contribution >= 0.6 is 0 Å². The van der Waals surface area contributed by atoms with Crippen molar-refractivity contribution in [3.8, 4) is 5.75 Å². The minimum absolute atomic E-state index is 0.358. The van der Waals surface area contributed by atoms with Crippen LogP contribution in [0.5, 0.6) is 5.75 Å². The second-order valence-corrected chi connectivity index (χ2v) is 5.25. The number of aryl methyl sites for hydroxylation is 1. The second kappa shape index (κ2) is 4.48. The van der Waals surface area contributed by atoms with Crippen molar-refractivity contribution in [1.82, 2.24) is 9.55 Å². The third-order valence-corrected chi connectivity index (χ3v) is 3.67. The molecule has 0 amide bonds. The summed E-state index contributed by atoms with van der Waals surface area (Å²) in [6.07, 6.45) is 5.15. The van der Waals surface area contributed by atoms with Crippen LogP contribution in [0.1, 0.15) is 30.4 Å². The second-order valence-electron chi connectivity index (χ2n) is 5.25. The number of aromatic hydroxyl groups is 1. The van der Waals surface area contributed by atoms with Crippen LogP contribution in [-0.2, 0) is 19.4 Å². The van der Waals surface area contributed by atoms with Crippen molar-refractivity contribution >= 4 is 0 Å². The molecule has 1 aliphatic heterocycles. The van der Waals surface area contributed by atoms with Gasteiger partial charge < -0.3 is 9.67 Å². The molecule has 0 fully saturated rings. The molecule has 0 bridgehead atoms. The van der Waals surface area contributed by atoms with Crippen LogP contribution in [0, 0.1) is 5.92 Å². The lowest BCUT2D eigenvalue weighted by Gasteiger charge is -2.18. The number of para-hydroxylation sites is 1. The first-order chi connectivity index (χ1) is 8.72. The van der Waals surface area contributed by atoms with Gasteiger partial charge in [0.2, 0.25) is 0 Å². The average molecular weight is 242 g/mol. The predicted molar refractivity (Wildman–Crippen MR) is 70.6 cm³/mol. The lowest BCUT2D eigenvalue weighted by atomic mass is 10.0. The monoisotopic (exact) mass is 242 g/mol. The molecule has 18 heavy (non-hydrogen) atoms. The fourth-order valence-electron chi connectivity index (χ4n) is 2.58. The Balaban J connectivity index is 1.84. The Morgan fingerprint density at radius 2 is 2.22 bits per heavy atom. The van der Waals surface area contributed by atoms with Gasteiger partial charge in [0.05, 0.1) is 5.69 Å². The Morgan fingerprint density at radius 3 is 3.06 bits per heavy atom. The number of hydrogen-bond donors (Lipinski definition) is 1. The van der Waals surface area contributed by atoms with Crippen molar-refractivity contribution in [1.29, 1.82) is 0 Å². The summed E-state index contributed by atoms with van der Waals surface area (Å²) in [5, 5.41) is 9.78. The zero-order valence-corrected chi connectivity index (χ0v) is 10.6. The lowest BCUT2D eigenvalue weighted by Crippen LogP contribution is -2.16. The molecule has 0 saturated heterocycles. The molecule has 1 unspecified atom stereocenters. The zero-order valence-electron chi connectivity index (χ0n) is 10.6. The van der Waals surface area contributed by atoms with Gasteiger partial charge in [0.15, 0.2) is 0 Å². The first kappa shape index (κ1) is 11.3. The number of phenols is 1. The molecule has 0 aliphatic carbocycles. The Hall–Kier alpha value is -1.77. The fourth-order valence-corrected chi connectivity index (χ4v) is 2.58. The maximum Gasteiger partial charge on any atom is 0.119 e. The molecule has 0 radical (unpaired) electrons. The Labute approximate surface area is 107 Å². The van der Waals surface area contributed by atoms with E-state index in [1.165, 1.54) is 12.2 Å². The van der Waals surface area contributed by atoms with Crippen LogP contribution in [0.2, 0.25) is 0 Å². The van der Waals surface area contributed by atoms with Crippen molar-refractivity contribution in [3.63, 3.8) is 0 Å². The normalized spacial score (nSPS) is 18.6. The molecular formula is C15H18N2O. The summed E-state index contributed by atoms with van der Waals surface area (Å²) in [5.74, 6) is 2.29. The van der Waals surface area contributed by atoms with E-state index in [2.05, 4.69) is 22.7 Å². The van der Waals surface area contributed by atoms with E-state index in [-0.39, 0.29) is 0 Å². The Kier molecular flexibility index (Phi) is 2.82. The average Bonchev–Trinajstić information content (AvgIpc) is 2.73. The van der Waals surface area contributed by atoms with Gasteiger partial charge in [0.1, 0.15) is 11.6 Å². The third kappa shape index (κ3) is 2.13. The summed E-state index contributed by atoms with van der Waals surface area (Å²) in [4.78, 5) is 4.69. The quantitative estimate of drug-likeness (QED) is 0.879. The molecule has 1 aliphatic rings. The molecule has 2 heterocycles. The summed E-state index contributed by atoms with van der Waals surface area (Å²) in [7, 11) is 0. The molecule has 2 aromatic rings. The van der Waals surface area contributed by atoms with Crippen LogP contribution in [0.15, 0.2) is 30.5 Å². The zero-order chi connectivity index (χ0) is 12.5. The predicted octanol–water partition coefficient (Wildman–Crippen LogP) is 2.76. The van der Waals surface area contributed by atoms with E-state index in [1.807, 2.05) is 18.2 Å². The van der Waals surface area contributed by atoms with Gasteiger partial charge in [-0.1, -0.05) is 25.1 Å². The van der Waals surface area contributed by atoms with Gasteiger partial charge in [-0.25, -0.2) is 4.98 Å². The molecule has 0 spiro atoms. The maximum atomic E-state index is 9.78. The maximum absolute atomic E-state index is 9.78. The number of fused-ring (bicyclic) bond motifs is 1. The summed E-state index contributed by atoms with van der Waals surface area (Å²) in [5.41, 5.74) is 2.00. The van der Waals surface area contributed by atoms with E-state index in [4.69, 9.17) is 0 Å². The van der Waals surface area contributed by atoms with Crippen LogP contribution in [0.3, 0.4) is 0 Å². The van der Waals surface area contributed by atoms with E-state index >= 15 is 0 Å². The topological polar surface area (TPSA) is 38.0 Å². The number of benzene rings is 1. The van der Waals surface area contributed by atoms with Gasteiger partial charge in [0.25, 0.3) is 0 Å². The smallest absolute Gasteiger partial charge is 0.119 e. The van der Waals surface area contributed by atoms with E-state index in [1.54, 1.807) is 6.07 Å². The number of aromatic nitrogens is 2. The highest BCUT2D eigenvalue weighted by molar-refractivity contribution is 5.34. The standard InChI is InChI=1S/C15H18N2O/c1-11-6-7-17-10-13(16-15(17)8-11)9-12-4-2-3-5-14(12)18/h2-5,10-11,18H,6-9H2,1H3. The molecule has 1 atom stereocenters. The molecule has 0 saturated carbocycles. The van der Waals surface area contributed by atoms with Crippen LogP contribution in [0.25, 0.3) is 0 Å². The highest BCUT2D eigenvalue weighted by atomic mass is 16.3. The van der Waals surface area contributed by atoms with Gasteiger partial charge >= 0.3 is 0 Å². The molecule has 3 nitrogen and oxygen atoms in total. The van der Waals surface area contributed by atoms with Gasteiger partial charge in [-0.3, -0.25) is 0 Å². The van der Waals surface area contributed by atoms with E-state index < -0.39 is 0 Å². The Morgan fingerprint density at radius 1 is 1.39 bits per heavy atom. The van der Waals surface area contributed by atoms with Crippen molar-refractivity contribution in [2.24, 2.45) is 5.92 Å². The van der Waals surface area contributed by atoms with Gasteiger partial charge in [-0.05, 0) is 24.0 Å². The first-order valence-corrected chi connectivity index (χ1v) is 6.54. The highest BCUT2D eigenvalue weighted by Gasteiger charge is 2.17. The number of phenolic OH excluding ortho intramolecular Hbond substituents is 1. The van der Waals surface area contributed by atoms with Crippen molar-refractivity contribution in [2.75, 3.05) is 0 Å². The Bertz CT molecular complexity index is 559. The number of rotatable bonds is 2. The van der Waals surface area contributed by atoms with E-state index in [0.29, 0.717) is 12.2 Å². The molecule has 1 aromatic heterocycles. The minimum atomic E-state index is 0.358. The van der Waals surface area contributed by atoms with Gasteiger partial charge in [-0.2, -0.15) is 0 Å². The molecule has 3 heteroatoms. The highest BCUT2D eigenvalue weighted by Crippen LogP contribution is 2.23. The molecule has 1 N–H and O–H groups in total. The van der Waals surface area contributed by atoms with Crippen LogP contribution < -0.4 is 0 Å². The molecular weight excluding hydrogens is 224 g/mol. The largest absolute Gasteiger partial charge is 0.508 e. The summed E-state index contributed by atoms with van der Waals surface area (Å²) in [6, 6.07) is 7.48. The van der Waals surface area contributed by atoms with Crippen molar-refractivity contribution in [3.05, 3.63) is 47.5 Å². The summed E-state index contributed by atoms with van der Waals surface area (Å²) in [6.45, 7) is 3.35. The summed E-state index contributed by atoms with van der Waals surface area (Å²) >= 11 is 0. The number of hydrogen-bond acceptors (Lipinski definition) is 2. The van der Waals surface area contributed by atoms with Gasteiger partial charge in [-0.15, -0.1) is 0 Å². The van der Waals surface area contributed by atoms with Crippen molar-refractivity contribution < 1.29 is 5.11 Å². The van der Waals surface area contributed by atoms with E-state index in [0.717, 1.165) is 30.1 Å². The first-order valence-electron chi connectivity index (χ1n) is 6.54. The molecule has 94 valence electrons. The van der Waals surface area contributed by atoms with Crippen molar-refractivity contribution in [2.45, 2.75) is 32.7 Å². The minimum Gasteiger partial charge on any atom is -0.508 e.